The van der Waals surface area contributed by atoms with Crippen LogP contribution >= 0.6 is 0 Å². The highest BCUT2D eigenvalue weighted by atomic mass is 15.1. The molecule has 0 radical (unpaired) electrons. The summed E-state index contributed by atoms with van der Waals surface area (Å²) in [5.74, 6) is 3.20. The van der Waals surface area contributed by atoms with Crippen molar-refractivity contribution in [3.05, 3.63) is 35.7 Å². The fourth-order valence-corrected chi connectivity index (χ4v) is 2.83. The second-order valence-corrected chi connectivity index (χ2v) is 6.41. The number of rotatable bonds is 5. The van der Waals surface area contributed by atoms with Gasteiger partial charge >= 0.3 is 0 Å². The summed E-state index contributed by atoms with van der Waals surface area (Å²) in [6.07, 6.45) is 3.60. The quantitative estimate of drug-likeness (QED) is 0.875. The van der Waals surface area contributed by atoms with Crippen LogP contribution in [0.15, 0.2) is 24.3 Å². The predicted octanol–water partition coefficient (Wildman–Crippen LogP) is 4.54. The summed E-state index contributed by atoms with van der Waals surface area (Å²) < 4.78 is 2.23. The number of hydrogen-bond donors (Lipinski definition) is 1. The minimum Gasteiger partial charge on any atom is -0.383 e. The Balaban J connectivity index is 1.99. The van der Waals surface area contributed by atoms with E-state index in [1.54, 1.807) is 0 Å². The van der Waals surface area contributed by atoms with E-state index in [1.165, 1.54) is 24.2 Å². The van der Waals surface area contributed by atoms with Crippen molar-refractivity contribution in [2.45, 2.75) is 58.4 Å². The van der Waals surface area contributed by atoms with E-state index < -0.39 is 0 Å². The summed E-state index contributed by atoms with van der Waals surface area (Å²) in [5.41, 5.74) is 9.83. The molecule has 0 amide bonds. The van der Waals surface area contributed by atoms with Gasteiger partial charge in [0.25, 0.3) is 0 Å². The molecule has 1 aromatic heterocycles. The zero-order valence-electron chi connectivity index (χ0n) is 13.3. The van der Waals surface area contributed by atoms with Crippen molar-refractivity contribution in [2.24, 2.45) is 0 Å². The van der Waals surface area contributed by atoms with Gasteiger partial charge in [0, 0.05) is 18.0 Å². The van der Waals surface area contributed by atoms with Crippen LogP contribution in [-0.4, -0.2) is 9.55 Å². The van der Waals surface area contributed by atoms with E-state index in [0.29, 0.717) is 11.8 Å². The predicted molar refractivity (Wildman–Crippen MR) is 88.4 cm³/mol. The largest absolute Gasteiger partial charge is 0.383 e. The molecule has 1 aliphatic carbocycles. The Kier molecular flexibility index (Phi) is 3.75. The third-order valence-corrected chi connectivity index (χ3v) is 4.28. The van der Waals surface area contributed by atoms with Crippen molar-refractivity contribution in [1.82, 2.24) is 9.55 Å². The van der Waals surface area contributed by atoms with Crippen molar-refractivity contribution in [2.75, 3.05) is 5.73 Å². The van der Waals surface area contributed by atoms with Crippen molar-refractivity contribution in [3.63, 3.8) is 0 Å². The first kappa shape index (κ1) is 14.2. The van der Waals surface area contributed by atoms with Gasteiger partial charge in [0.2, 0.25) is 0 Å². The highest BCUT2D eigenvalue weighted by Crippen LogP contribution is 2.42. The summed E-state index contributed by atoms with van der Waals surface area (Å²) in [5, 5.41) is 0. The molecule has 3 nitrogen and oxygen atoms in total. The molecule has 0 bridgehead atoms. The first-order chi connectivity index (χ1) is 10.1. The number of aromatic nitrogens is 2. The zero-order chi connectivity index (χ0) is 15.0. The highest BCUT2D eigenvalue weighted by molar-refractivity contribution is 5.71. The minimum absolute atomic E-state index is 0.552. The van der Waals surface area contributed by atoms with Gasteiger partial charge in [-0.05, 0) is 30.7 Å². The SMILES string of the molecule is CCCn1c(C2CC2)nc(-c2ccc(C(C)C)cc2)c1N. The van der Waals surface area contributed by atoms with Gasteiger partial charge in [-0.15, -0.1) is 0 Å². The summed E-state index contributed by atoms with van der Waals surface area (Å²) in [6.45, 7) is 7.58. The smallest absolute Gasteiger partial charge is 0.131 e. The maximum absolute atomic E-state index is 6.39. The third-order valence-electron chi connectivity index (χ3n) is 4.28. The lowest BCUT2D eigenvalue weighted by Crippen LogP contribution is -2.06. The Bertz CT molecular complexity index is 619. The van der Waals surface area contributed by atoms with Crippen molar-refractivity contribution < 1.29 is 0 Å². The van der Waals surface area contributed by atoms with Crippen LogP contribution in [0, 0.1) is 0 Å². The molecule has 0 aliphatic heterocycles. The van der Waals surface area contributed by atoms with E-state index in [2.05, 4.69) is 49.6 Å². The number of nitrogens with two attached hydrogens (primary N) is 1. The van der Waals surface area contributed by atoms with E-state index in [4.69, 9.17) is 10.7 Å². The van der Waals surface area contributed by atoms with Crippen molar-refractivity contribution in [1.29, 1.82) is 0 Å². The monoisotopic (exact) mass is 283 g/mol. The molecule has 3 rings (SSSR count). The number of imidazole rings is 1. The van der Waals surface area contributed by atoms with E-state index in [1.807, 2.05) is 0 Å². The molecule has 0 atom stereocenters. The number of nitrogens with zero attached hydrogens (tertiary/aromatic N) is 2. The summed E-state index contributed by atoms with van der Waals surface area (Å²) in [6, 6.07) is 8.69. The summed E-state index contributed by atoms with van der Waals surface area (Å²) >= 11 is 0. The fourth-order valence-electron chi connectivity index (χ4n) is 2.83. The molecule has 3 heteroatoms. The summed E-state index contributed by atoms with van der Waals surface area (Å²) in [7, 11) is 0. The molecule has 112 valence electrons. The van der Waals surface area contributed by atoms with Crippen LogP contribution in [0.2, 0.25) is 0 Å². The second-order valence-electron chi connectivity index (χ2n) is 6.41. The van der Waals surface area contributed by atoms with E-state index >= 15 is 0 Å². The van der Waals surface area contributed by atoms with Gasteiger partial charge in [0.15, 0.2) is 0 Å². The molecule has 1 aliphatic rings. The maximum atomic E-state index is 6.39. The lowest BCUT2D eigenvalue weighted by molar-refractivity contribution is 0.646. The first-order valence-corrected chi connectivity index (χ1v) is 8.08. The van der Waals surface area contributed by atoms with Crippen LogP contribution < -0.4 is 5.73 Å². The first-order valence-electron chi connectivity index (χ1n) is 8.08. The van der Waals surface area contributed by atoms with Crippen molar-refractivity contribution >= 4 is 5.82 Å². The van der Waals surface area contributed by atoms with Crippen LogP contribution in [0.4, 0.5) is 5.82 Å². The van der Waals surface area contributed by atoms with E-state index in [0.717, 1.165) is 30.0 Å². The van der Waals surface area contributed by atoms with Gasteiger partial charge in [0.1, 0.15) is 17.3 Å². The van der Waals surface area contributed by atoms with Gasteiger partial charge in [-0.2, -0.15) is 0 Å². The number of anilines is 1. The third kappa shape index (κ3) is 2.69. The Morgan fingerprint density at radius 3 is 2.43 bits per heavy atom. The number of benzene rings is 1. The van der Waals surface area contributed by atoms with E-state index in [-0.39, 0.29) is 0 Å². The molecular formula is C18H25N3. The van der Waals surface area contributed by atoms with Crippen LogP contribution in [0.25, 0.3) is 11.3 Å². The normalized spacial score (nSPS) is 14.9. The van der Waals surface area contributed by atoms with Crippen LogP contribution in [-0.2, 0) is 6.54 Å². The lowest BCUT2D eigenvalue weighted by atomic mass is 10.0. The van der Waals surface area contributed by atoms with Gasteiger partial charge in [-0.3, -0.25) is 0 Å². The van der Waals surface area contributed by atoms with E-state index in [9.17, 15) is 0 Å². The molecular weight excluding hydrogens is 258 g/mol. The Hall–Kier alpha value is -1.77. The molecule has 2 N–H and O–H groups in total. The van der Waals surface area contributed by atoms with Crippen molar-refractivity contribution in [3.8, 4) is 11.3 Å². The summed E-state index contributed by atoms with van der Waals surface area (Å²) in [4.78, 5) is 4.87. The van der Waals surface area contributed by atoms with Gasteiger partial charge in [-0.1, -0.05) is 45.0 Å². The maximum Gasteiger partial charge on any atom is 0.131 e. The number of nitrogen functional groups attached to an aromatic ring is 1. The molecule has 1 aromatic carbocycles. The molecule has 0 saturated heterocycles. The van der Waals surface area contributed by atoms with Crippen LogP contribution in [0.5, 0.6) is 0 Å². The van der Waals surface area contributed by atoms with Crippen LogP contribution in [0.1, 0.15) is 63.3 Å². The van der Waals surface area contributed by atoms with Crippen LogP contribution in [0.3, 0.4) is 0 Å². The minimum atomic E-state index is 0.552. The highest BCUT2D eigenvalue weighted by Gasteiger charge is 2.30. The van der Waals surface area contributed by atoms with Gasteiger partial charge in [0.05, 0.1) is 0 Å². The average molecular weight is 283 g/mol. The molecule has 0 spiro atoms. The molecule has 0 unspecified atom stereocenters. The molecule has 1 saturated carbocycles. The number of hydrogen-bond acceptors (Lipinski definition) is 2. The molecule has 2 aromatic rings. The van der Waals surface area contributed by atoms with Gasteiger partial charge in [-0.25, -0.2) is 4.98 Å². The Morgan fingerprint density at radius 1 is 1.24 bits per heavy atom. The second kappa shape index (κ2) is 5.55. The molecule has 1 fully saturated rings. The molecule has 21 heavy (non-hydrogen) atoms. The zero-order valence-corrected chi connectivity index (χ0v) is 13.3. The Labute approximate surface area is 127 Å². The Morgan fingerprint density at radius 2 is 1.90 bits per heavy atom. The lowest BCUT2D eigenvalue weighted by Gasteiger charge is -2.08. The topological polar surface area (TPSA) is 43.8 Å². The fraction of sp³-hybridized carbons (Fsp3) is 0.500. The standard InChI is InChI=1S/C18H25N3/c1-4-11-21-17(19)16(20-18(21)15-9-10-15)14-7-5-13(6-8-14)12(2)3/h5-8,12,15H,4,9-11,19H2,1-3H3. The molecule has 1 heterocycles. The average Bonchev–Trinajstić information content (AvgIpc) is 3.26. The van der Waals surface area contributed by atoms with Gasteiger partial charge < -0.3 is 10.3 Å².